The van der Waals surface area contributed by atoms with Crippen LogP contribution in [0.15, 0.2) is 24.3 Å². The lowest BCUT2D eigenvalue weighted by atomic mass is 10.1. The van der Waals surface area contributed by atoms with E-state index in [1.165, 1.54) is 5.56 Å². The molecule has 3 heteroatoms. The van der Waals surface area contributed by atoms with Crippen molar-refractivity contribution in [1.82, 2.24) is 0 Å². The van der Waals surface area contributed by atoms with Crippen molar-refractivity contribution >= 4 is 11.6 Å². The largest absolute Gasteiger partial charge is 0.372 e. The zero-order valence-electron chi connectivity index (χ0n) is 9.93. The summed E-state index contributed by atoms with van der Waals surface area (Å²) >= 11 is 0. The van der Waals surface area contributed by atoms with E-state index in [0.29, 0.717) is 0 Å². The Morgan fingerprint density at radius 3 is 2.88 bits per heavy atom. The van der Waals surface area contributed by atoms with Gasteiger partial charge in [-0.2, -0.15) is 0 Å². The molecular formula is C13H17NO2. The molecule has 1 aliphatic rings. The molecule has 0 aromatic heterocycles. The van der Waals surface area contributed by atoms with Crippen LogP contribution in [0.3, 0.4) is 0 Å². The highest BCUT2D eigenvalue weighted by molar-refractivity contribution is 5.98. The third-order valence-electron chi connectivity index (χ3n) is 3.15. The third-order valence-corrected chi connectivity index (χ3v) is 3.15. The molecule has 2 atom stereocenters. The molecule has 1 aromatic rings. The molecule has 0 saturated heterocycles. The fourth-order valence-electron chi connectivity index (χ4n) is 2.20. The van der Waals surface area contributed by atoms with E-state index < -0.39 is 0 Å². The first-order valence-corrected chi connectivity index (χ1v) is 5.59. The number of amides is 1. The van der Waals surface area contributed by atoms with E-state index >= 15 is 0 Å². The lowest BCUT2D eigenvalue weighted by Gasteiger charge is -2.25. The number of nitrogens with zero attached hydrogens (tertiary/aromatic N) is 1. The summed E-state index contributed by atoms with van der Waals surface area (Å²) in [5.74, 6) is 0.0416. The van der Waals surface area contributed by atoms with Crippen LogP contribution >= 0.6 is 0 Å². The van der Waals surface area contributed by atoms with Gasteiger partial charge in [0.1, 0.15) is 6.10 Å². The van der Waals surface area contributed by atoms with Crippen molar-refractivity contribution in [3.8, 4) is 0 Å². The number of benzene rings is 1. The first-order valence-electron chi connectivity index (χ1n) is 5.59. The lowest BCUT2D eigenvalue weighted by Crippen LogP contribution is -2.42. The number of carbonyl (C=O) groups excluding carboxylic acids is 1. The summed E-state index contributed by atoms with van der Waals surface area (Å²) < 4.78 is 5.10. The molecule has 86 valence electrons. The molecule has 2 unspecified atom stereocenters. The van der Waals surface area contributed by atoms with Crippen LogP contribution in [0.25, 0.3) is 0 Å². The molecule has 2 rings (SSSR count). The summed E-state index contributed by atoms with van der Waals surface area (Å²) in [5.41, 5.74) is 2.27. The summed E-state index contributed by atoms with van der Waals surface area (Å²) in [6, 6.07) is 8.28. The van der Waals surface area contributed by atoms with E-state index in [-0.39, 0.29) is 18.1 Å². The highest BCUT2D eigenvalue weighted by Crippen LogP contribution is 2.32. The fraction of sp³-hybridized carbons (Fsp3) is 0.462. The molecule has 16 heavy (non-hydrogen) atoms. The maximum atomic E-state index is 12.2. The van der Waals surface area contributed by atoms with Crippen LogP contribution in [-0.4, -0.2) is 25.2 Å². The van der Waals surface area contributed by atoms with Crippen molar-refractivity contribution in [1.29, 1.82) is 0 Å². The Kier molecular flexibility index (Phi) is 2.97. The van der Waals surface area contributed by atoms with E-state index in [0.717, 1.165) is 12.1 Å². The number of hydrogen-bond acceptors (Lipinski definition) is 2. The quantitative estimate of drug-likeness (QED) is 0.761. The molecule has 3 nitrogen and oxygen atoms in total. The van der Waals surface area contributed by atoms with E-state index in [2.05, 4.69) is 13.0 Å². The molecule has 0 N–H and O–H groups in total. The van der Waals surface area contributed by atoms with Crippen LogP contribution in [0.1, 0.15) is 19.4 Å². The molecule has 1 aliphatic heterocycles. The second kappa shape index (κ2) is 4.26. The SMILES string of the molecule is COC(C)C(=O)N1c2ccccc2CC1C. The minimum atomic E-state index is -0.381. The van der Waals surface area contributed by atoms with Crippen LogP contribution in [-0.2, 0) is 16.0 Å². The van der Waals surface area contributed by atoms with Crippen LogP contribution in [0, 0.1) is 0 Å². The summed E-state index contributed by atoms with van der Waals surface area (Å²) in [5, 5.41) is 0. The predicted molar refractivity (Wildman–Crippen MR) is 63.6 cm³/mol. The first kappa shape index (κ1) is 11.1. The molecular weight excluding hydrogens is 202 g/mol. The number of hydrogen-bond donors (Lipinski definition) is 0. The van der Waals surface area contributed by atoms with Gasteiger partial charge in [-0.05, 0) is 31.9 Å². The van der Waals surface area contributed by atoms with Crippen molar-refractivity contribution in [3.05, 3.63) is 29.8 Å². The molecule has 1 aromatic carbocycles. The number of methoxy groups -OCH3 is 1. The maximum absolute atomic E-state index is 12.2. The highest BCUT2D eigenvalue weighted by atomic mass is 16.5. The van der Waals surface area contributed by atoms with E-state index in [4.69, 9.17) is 4.74 Å². The molecule has 1 amide bonds. The van der Waals surface area contributed by atoms with E-state index in [1.807, 2.05) is 23.1 Å². The van der Waals surface area contributed by atoms with Gasteiger partial charge in [0.05, 0.1) is 0 Å². The Hall–Kier alpha value is -1.35. The number of carbonyl (C=O) groups is 1. The second-order valence-corrected chi connectivity index (χ2v) is 4.27. The van der Waals surface area contributed by atoms with E-state index in [9.17, 15) is 4.79 Å². The van der Waals surface area contributed by atoms with Gasteiger partial charge in [-0.25, -0.2) is 0 Å². The first-order chi connectivity index (χ1) is 7.65. The van der Waals surface area contributed by atoms with Crippen molar-refractivity contribution in [2.45, 2.75) is 32.4 Å². The minimum Gasteiger partial charge on any atom is -0.372 e. The van der Waals surface area contributed by atoms with Crippen molar-refractivity contribution in [2.24, 2.45) is 0 Å². The van der Waals surface area contributed by atoms with Crippen molar-refractivity contribution in [2.75, 3.05) is 12.0 Å². The molecule has 0 radical (unpaired) electrons. The van der Waals surface area contributed by atoms with Gasteiger partial charge in [0.15, 0.2) is 0 Å². The number of fused-ring (bicyclic) bond motifs is 1. The Morgan fingerprint density at radius 1 is 1.50 bits per heavy atom. The summed E-state index contributed by atoms with van der Waals surface area (Å²) in [6.45, 7) is 3.86. The molecule has 0 saturated carbocycles. The molecule has 0 aliphatic carbocycles. The zero-order chi connectivity index (χ0) is 11.7. The number of rotatable bonds is 2. The van der Waals surface area contributed by atoms with Crippen LogP contribution < -0.4 is 4.90 Å². The predicted octanol–water partition coefficient (Wildman–Crippen LogP) is 2.00. The van der Waals surface area contributed by atoms with Crippen LogP contribution in [0.5, 0.6) is 0 Å². The van der Waals surface area contributed by atoms with Gasteiger partial charge in [-0.1, -0.05) is 18.2 Å². The van der Waals surface area contributed by atoms with Gasteiger partial charge in [0.25, 0.3) is 5.91 Å². The maximum Gasteiger partial charge on any atom is 0.256 e. The molecule has 0 fully saturated rings. The zero-order valence-corrected chi connectivity index (χ0v) is 9.93. The van der Waals surface area contributed by atoms with Gasteiger partial charge >= 0.3 is 0 Å². The Morgan fingerprint density at radius 2 is 2.19 bits per heavy atom. The van der Waals surface area contributed by atoms with Crippen LogP contribution in [0.4, 0.5) is 5.69 Å². The van der Waals surface area contributed by atoms with Crippen LogP contribution in [0.2, 0.25) is 0 Å². The van der Waals surface area contributed by atoms with Gasteiger partial charge in [0, 0.05) is 18.8 Å². The average molecular weight is 219 g/mol. The fourth-order valence-corrected chi connectivity index (χ4v) is 2.20. The van der Waals surface area contributed by atoms with Gasteiger partial charge < -0.3 is 9.64 Å². The Balaban J connectivity index is 2.32. The molecule has 0 bridgehead atoms. The summed E-state index contributed by atoms with van der Waals surface area (Å²) in [4.78, 5) is 14.0. The molecule has 0 spiro atoms. The normalized spacial score (nSPS) is 20.7. The van der Waals surface area contributed by atoms with Crippen molar-refractivity contribution in [3.63, 3.8) is 0 Å². The Labute approximate surface area is 96.0 Å². The lowest BCUT2D eigenvalue weighted by molar-refractivity contribution is -0.127. The van der Waals surface area contributed by atoms with Gasteiger partial charge in [-0.3, -0.25) is 4.79 Å². The standard InChI is InChI=1S/C13H17NO2/c1-9-8-11-6-4-5-7-12(11)14(9)13(15)10(2)16-3/h4-7,9-10H,8H2,1-3H3. The van der Waals surface area contributed by atoms with Crippen molar-refractivity contribution < 1.29 is 9.53 Å². The smallest absolute Gasteiger partial charge is 0.256 e. The monoisotopic (exact) mass is 219 g/mol. The molecule has 1 heterocycles. The summed E-state index contributed by atoms with van der Waals surface area (Å²) in [6.07, 6.45) is 0.548. The minimum absolute atomic E-state index is 0.0416. The number of para-hydroxylation sites is 1. The van der Waals surface area contributed by atoms with E-state index in [1.54, 1.807) is 14.0 Å². The topological polar surface area (TPSA) is 29.5 Å². The number of ether oxygens (including phenoxy) is 1. The summed E-state index contributed by atoms with van der Waals surface area (Å²) in [7, 11) is 1.56. The van der Waals surface area contributed by atoms with Gasteiger partial charge in [-0.15, -0.1) is 0 Å². The second-order valence-electron chi connectivity index (χ2n) is 4.27. The third kappa shape index (κ3) is 1.71. The number of anilines is 1. The average Bonchev–Trinajstić information content (AvgIpc) is 2.63. The Bertz CT molecular complexity index is 403. The highest BCUT2D eigenvalue weighted by Gasteiger charge is 2.32. The van der Waals surface area contributed by atoms with Gasteiger partial charge in [0.2, 0.25) is 0 Å².